The number of ether oxygens (including phenoxy) is 3. The Kier molecular flexibility index (Phi) is 50.4. The van der Waals surface area contributed by atoms with Gasteiger partial charge < -0.3 is 14.2 Å². The molecule has 0 amide bonds. The summed E-state index contributed by atoms with van der Waals surface area (Å²) in [4.78, 5) is 38.0. The highest BCUT2D eigenvalue weighted by Gasteiger charge is 2.19. The van der Waals surface area contributed by atoms with E-state index in [4.69, 9.17) is 14.2 Å². The number of hydrogen-bond donors (Lipinski definition) is 0. The van der Waals surface area contributed by atoms with Gasteiger partial charge in [-0.05, 0) is 83.5 Å². The minimum absolute atomic E-state index is 0.103. The van der Waals surface area contributed by atoms with Gasteiger partial charge in [0.25, 0.3) is 0 Å². The van der Waals surface area contributed by atoms with Crippen molar-refractivity contribution in [1.29, 1.82) is 0 Å². The van der Waals surface area contributed by atoms with Gasteiger partial charge in [-0.2, -0.15) is 0 Å². The number of rotatable bonds is 48. The van der Waals surface area contributed by atoms with Crippen molar-refractivity contribution in [2.24, 2.45) is 0 Å². The van der Waals surface area contributed by atoms with Gasteiger partial charge in [0.2, 0.25) is 0 Å². The van der Waals surface area contributed by atoms with Gasteiger partial charge in [0.05, 0.1) is 0 Å². The van der Waals surface area contributed by atoms with E-state index in [2.05, 4.69) is 99.8 Å². The number of allylic oxidation sites excluding steroid dienone is 14. The van der Waals surface area contributed by atoms with Crippen LogP contribution in [0.25, 0.3) is 0 Å². The zero-order valence-corrected chi connectivity index (χ0v) is 42.5. The molecule has 0 aliphatic heterocycles. The van der Waals surface area contributed by atoms with Crippen molar-refractivity contribution < 1.29 is 28.6 Å². The predicted molar refractivity (Wildman–Crippen MR) is 279 cm³/mol. The topological polar surface area (TPSA) is 78.9 Å². The SMILES string of the molecule is CC/C=C\C/C=C\C/C=C\C/C=C\C/C=C\C/C=C\CCC(=O)OCC(COC(=O)CCCCCCC/C=C\CCCCCC)OC(=O)CCCCCCCCCCCCCCCCC. The first-order valence-corrected chi connectivity index (χ1v) is 27.1. The van der Waals surface area contributed by atoms with E-state index in [1.165, 1.54) is 116 Å². The van der Waals surface area contributed by atoms with Crippen LogP contribution < -0.4 is 0 Å². The molecule has 1 atom stereocenters. The quantitative estimate of drug-likeness (QED) is 0.0262. The zero-order chi connectivity index (χ0) is 47.2. The maximum absolute atomic E-state index is 12.8. The van der Waals surface area contributed by atoms with Crippen molar-refractivity contribution in [3.8, 4) is 0 Å². The van der Waals surface area contributed by atoms with E-state index in [0.717, 1.165) is 89.9 Å². The highest BCUT2D eigenvalue weighted by molar-refractivity contribution is 5.71. The molecular weight excluding hydrogens is 805 g/mol. The summed E-state index contributed by atoms with van der Waals surface area (Å²) in [5.74, 6) is -0.994. The third kappa shape index (κ3) is 51.4. The average Bonchev–Trinajstić information content (AvgIpc) is 3.30. The minimum Gasteiger partial charge on any atom is -0.462 e. The summed E-state index contributed by atoms with van der Waals surface area (Å²) >= 11 is 0. The Balaban J connectivity index is 4.49. The molecule has 0 aliphatic rings. The first-order valence-electron chi connectivity index (χ1n) is 27.1. The molecule has 0 N–H and O–H groups in total. The summed E-state index contributed by atoms with van der Waals surface area (Å²) in [7, 11) is 0. The molecule has 1 unspecified atom stereocenters. The van der Waals surface area contributed by atoms with Gasteiger partial charge in [-0.15, -0.1) is 0 Å². The maximum atomic E-state index is 12.8. The second-order valence-electron chi connectivity index (χ2n) is 17.8. The lowest BCUT2D eigenvalue weighted by Crippen LogP contribution is -2.30. The molecule has 0 radical (unpaired) electrons. The van der Waals surface area contributed by atoms with Crippen molar-refractivity contribution in [1.82, 2.24) is 0 Å². The van der Waals surface area contributed by atoms with Crippen LogP contribution in [-0.2, 0) is 28.6 Å². The standard InChI is InChI=1S/C59H100O6/c1-4-7-10-13-16-19-22-25-27-28-29-30-32-34-37-40-43-46-49-52-58(61)64-55-56(54-63-57(60)51-48-45-42-39-36-33-24-21-18-15-12-9-6-3)65-59(62)53-50-47-44-41-38-35-31-26-23-20-17-14-11-8-5-2/h7,10,16,19,21,24-25,27,29-30,34,37,43,46,56H,4-6,8-9,11-15,17-18,20,22-23,26,28,31-33,35-36,38-42,44-45,47-55H2,1-3H3/b10-7-,19-16-,24-21-,27-25-,30-29-,37-34-,46-43-. The summed E-state index contributed by atoms with van der Waals surface area (Å²) in [5.41, 5.74) is 0. The highest BCUT2D eigenvalue weighted by atomic mass is 16.6. The normalized spacial score (nSPS) is 12.7. The molecule has 6 heteroatoms. The van der Waals surface area contributed by atoms with Crippen LogP contribution in [0.2, 0.25) is 0 Å². The molecule has 0 aliphatic carbocycles. The van der Waals surface area contributed by atoms with E-state index in [9.17, 15) is 14.4 Å². The fourth-order valence-electron chi connectivity index (χ4n) is 7.35. The molecule has 0 rings (SSSR count). The van der Waals surface area contributed by atoms with E-state index in [1.807, 2.05) is 6.08 Å². The molecule has 6 nitrogen and oxygen atoms in total. The average molecular weight is 905 g/mol. The van der Waals surface area contributed by atoms with Crippen LogP contribution in [0, 0.1) is 0 Å². The fourth-order valence-corrected chi connectivity index (χ4v) is 7.35. The number of hydrogen-bond acceptors (Lipinski definition) is 6. The Labute approximate surface area is 401 Å². The molecule has 65 heavy (non-hydrogen) atoms. The summed E-state index contributed by atoms with van der Waals surface area (Å²) in [5, 5.41) is 0. The molecule has 0 bridgehead atoms. The molecule has 0 aromatic rings. The largest absolute Gasteiger partial charge is 0.462 e. The zero-order valence-electron chi connectivity index (χ0n) is 42.5. The Bertz CT molecular complexity index is 1270. The van der Waals surface area contributed by atoms with E-state index in [1.54, 1.807) is 0 Å². The van der Waals surface area contributed by atoms with Crippen molar-refractivity contribution in [2.45, 2.75) is 258 Å². The Hall–Kier alpha value is -3.41. The van der Waals surface area contributed by atoms with Gasteiger partial charge in [0, 0.05) is 19.3 Å². The lowest BCUT2D eigenvalue weighted by Gasteiger charge is -2.18. The molecule has 372 valence electrons. The Morgan fingerprint density at radius 3 is 1.05 bits per heavy atom. The number of unbranched alkanes of at least 4 members (excludes halogenated alkanes) is 23. The molecule has 0 spiro atoms. The van der Waals surface area contributed by atoms with Crippen molar-refractivity contribution in [2.75, 3.05) is 13.2 Å². The van der Waals surface area contributed by atoms with Gasteiger partial charge in [-0.1, -0.05) is 234 Å². The van der Waals surface area contributed by atoms with Crippen LogP contribution in [0.5, 0.6) is 0 Å². The number of carbonyl (C=O) groups excluding carboxylic acids is 3. The minimum atomic E-state index is -0.808. The summed E-state index contributed by atoms with van der Waals surface area (Å²) in [6.07, 6.45) is 68.6. The van der Waals surface area contributed by atoms with Crippen molar-refractivity contribution in [3.63, 3.8) is 0 Å². The number of esters is 3. The van der Waals surface area contributed by atoms with Crippen LogP contribution in [-0.4, -0.2) is 37.2 Å². The predicted octanol–water partition coefficient (Wildman–Crippen LogP) is 18.0. The van der Waals surface area contributed by atoms with Crippen molar-refractivity contribution in [3.05, 3.63) is 85.1 Å². The Morgan fingerprint density at radius 2 is 0.631 bits per heavy atom. The van der Waals surface area contributed by atoms with Gasteiger partial charge in [-0.25, -0.2) is 0 Å². The fraction of sp³-hybridized carbons (Fsp3) is 0.712. The smallest absolute Gasteiger partial charge is 0.306 e. The van der Waals surface area contributed by atoms with E-state index < -0.39 is 6.10 Å². The van der Waals surface area contributed by atoms with E-state index >= 15 is 0 Å². The first-order chi connectivity index (χ1) is 32.0. The van der Waals surface area contributed by atoms with Crippen LogP contribution in [0.15, 0.2) is 85.1 Å². The summed E-state index contributed by atoms with van der Waals surface area (Å²) < 4.78 is 16.7. The molecule has 0 aromatic heterocycles. The third-order valence-corrected chi connectivity index (χ3v) is 11.4. The molecule has 0 heterocycles. The van der Waals surface area contributed by atoms with Crippen LogP contribution in [0.3, 0.4) is 0 Å². The van der Waals surface area contributed by atoms with E-state index in [-0.39, 0.29) is 37.5 Å². The first kappa shape index (κ1) is 61.6. The second-order valence-corrected chi connectivity index (χ2v) is 17.8. The van der Waals surface area contributed by atoms with Crippen molar-refractivity contribution >= 4 is 17.9 Å². The van der Waals surface area contributed by atoms with Crippen LogP contribution in [0.4, 0.5) is 0 Å². The lowest BCUT2D eigenvalue weighted by molar-refractivity contribution is -0.166. The lowest BCUT2D eigenvalue weighted by atomic mass is 10.0. The van der Waals surface area contributed by atoms with Crippen LogP contribution >= 0.6 is 0 Å². The second kappa shape index (κ2) is 53.2. The molecule has 0 saturated heterocycles. The van der Waals surface area contributed by atoms with Gasteiger partial charge in [-0.3, -0.25) is 14.4 Å². The van der Waals surface area contributed by atoms with Crippen LogP contribution in [0.1, 0.15) is 252 Å². The Morgan fingerprint density at radius 1 is 0.323 bits per heavy atom. The molecular formula is C59H100O6. The summed E-state index contributed by atoms with van der Waals surface area (Å²) in [6, 6.07) is 0. The third-order valence-electron chi connectivity index (χ3n) is 11.4. The molecule has 0 aromatic carbocycles. The van der Waals surface area contributed by atoms with E-state index in [0.29, 0.717) is 19.3 Å². The maximum Gasteiger partial charge on any atom is 0.306 e. The van der Waals surface area contributed by atoms with Gasteiger partial charge in [0.1, 0.15) is 13.2 Å². The van der Waals surface area contributed by atoms with Gasteiger partial charge >= 0.3 is 17.9 Å². The summed E-state index contributed by atoms with van der Waals surface area (Å²) in [6.45, 7) is 6.45. The van der Waals surface area contributed by atoms with Gasteiger partial charge in [0.15, 0.2) is 6.10 Å². The molecule has 0 saturated carbocycles. The highest BCUT2D eigenvalue weighted by Crippen LogP contribution is 2.15. The monoisotopic (exact) mass is 905 g/mol. The number of carbonyl (C=O) groups is 3. The molecule has 0 fully saturated rings.